The summed E-state index contributed by atoms with van der Waals surface area (Å²) in [5.41, 5.74) is 0.943. The molecular weight excluding hydrogens is 334 g/mol. The average molecular weight is 357 g/mol. The number of hydrogen-bond acceptors (Lipinski definition) is 5. The number of hydrogen-bond donors (Lipinski definition) is 0. The Balaban J connectivity index is 1.41. The topological polar surface area (TPSA) is 45.7 Å². The molecule has 1 unspecified atom stereocenters. The van der Waals surface area contributed by atoms with Crippen LogP contribution in [0.1, 0.15) is 23.4 Å². The van der Waals surface area contributed by atoms with E-state index >= 15 is 0 Å². The molecule has 0 aliphatic carbocycles. The van der Waals surface area contributed by atoms with Crippen LogP contribution in [0.4, 0.5) is 0 Å². The first-order chi connectivity index (χ1) is 12.2. The van der Waals surface area contributed by atoms with Crippen LogP contribution in [-0.4, -0.2) is 47.4 Å². The van der Waals surface area contributed by atoms with Crippen molar-refractivity contribution in [1.29, 1.82) is 0 Å². The Bertz CT molecular complexity index is 749. The minimum absolute atomic E-state index is 0.184. The van der Waals surface area contributed by atoms with Gasteiger partial charge in [-0.1, -0.05) is 12.1 Å². The predicted octanol–water partition coefficient (Wildman–Crippen LogP) is 2.78. The number of carbonyl (C=O) groups excluding carboxylic acids is 1. The molecule has 1 spiro atoms. The maximum Gasteiger partial charge on any atom is 0.230 e. The van der Waals surface area contributed by atoms with E-state index in [0.29, 0.717) is 12.5 Å². The van der Waals surface area contributed by atoms with Gasteiger partial charge in [-0.25, -0.2) is 4.98 Å². The molecule has 3 heterocycles. The van der Waals surface area contributed by atoms with E-state index in [4.69, 9.17) is 4.74 Å². The third kappa shape index (κ3) is 3.28. The molecule has 2 aliphatic rings. The van der Waals surface area contributed by atoms with Gasteiger partial charge in [0.2, 0.25) is 5.91 Å². The summed E-state index contributed by atoms with van der Waals surface area (Å²) in [6.07, 6.45) is 3.78. The molecule has 1 atom stereocenters. The van der Waals surface area contributed by atoms with Gasteiger partial charge in [-0.15, -0.1) is 11.3 Å². The molecule has 2 aliphatic heterocycles. The number of amides is 1. The van der Waals surface area contributed by atoms with Gasteiger partial charge in [0.25, 0.3) is 0 Å². The number of rotatable bonds is 5. The van der Waals surface area contributed by atoms with Gasteiger partial charge in [0, 0.05) is 31.2 Å². The van der Waals surface area contributed by atoms with Crippen LogP contribution in [0.2, 0.25) is 0 Å². The minimum atomic E-state index is -0.184. The third-order valence-electron chi connectivity index (χ3n) is 5.38. The Kier molecular flexibility index (Phi) is 4.48. The van der Waals surface area contributed by atoms with Crippen LogP contribution in [0.3, 0.4) is 0 Å². The van der Waals surface area contributed by atoms with Crippen LogP contribution in [-0.2, 0) is 17.9 Å². The maximum atomic E-state index is 13.1. The molecule has 0 N–H and O–H groups in total. The highest BCUT2D eigenvalue weighted by molar-refractivity contribution is 7.09. The second-order valence-electron chi connectivity index (χ2n) is 7.00. The van der Waals surface area contributed by atoms with Gasteiger partial charge < -0.3 is 9.64 Å². The van der Waals surface area contributed by atoms with Crippen molar-refractivity contribution in [2.45, 2.75) is 25.9 Å². The summed E-state index contributed by atoms with van der Waals surface area (Å²) in [5, 5.41) is 3.15. The van der Waals surface area contributed by atoms with Crippen molar-refractivity contribution in [2.75, 3.05) is 26.7 Å². The smallest absolute Gasteiger partial charge is 0.230 e. The van der Waals surface area contributed by atoms with Gasteiger partial charge in [-0.2, -0.15) is 0 Å². The van der Waals surface area contributed by atoms with Crippen LogP contribution in [0, 0.1) is 5.41 Å². The molecule has 0 bridgehead atoms. The van der Waals surface area contributed by atoms with E-state index in [9.17, 15) is 4.79 Å². The number of aromatic nitrogens is 1. The molecule has 1 aromatic carbocycles. The lowest BCUT2D eigenvalue weighted by atomic mass is 9.85. The molecule has 6 heteroatoms. The summed E-state index contributed by atoms with van der Waals surface area (Å²) in [7, 11) is 1.67. The van der Waals surface area contributed by atoms with Crippen molar-refractivity contribution in [3.05, 3.63) is 46.4 Å². The molecule has 2 aromatic rings. The first-order valence-corrected chi connectivity index (χ1v) is 9.59. The number of nitrogens with zero attached hydrogens (tertiary/aromatic N) is 3. The Morgan fingerprint density at radius 3 is 2.96 bits per heavy atom. The highest BCUT2D eigenvalue weighted by Gasteiger charge is 2.50. The van der Waals surface area contributed by atoms with E-state index < -0.39 is 0 Å². The van der Waals surface area contributed by atoms with Crippen LogP contribution < -0.4 is 4.74 Å². The quantitative estimate of drug-likeness (QED) is 0.825. The summed E-state index contributed by atoms with van der Waals surface area (Å²) >= 11 is 1.69. The van der Waals surface area contributed by atoms with E-state index in [-0.39, 0.29) is 5.41 Å². The average Bonchev–Trinajstić information content (AvgIpc) is 3.35. The summed E-state index contributed by atoms with van der Waals surface area (Å²) in [6.45, 7) is 4.23. The monoisotopic (exact) mass is 357 g/mol. The molecule has 2 fully saturated rings. The largest absolute Gasteiger partial charge is 0.497 e. The molecule has 25 heavy (non-hydrogen) atoms. The molecule has 1 aromatic heterocycles. The number of likely N-dealkylation sites (tertiary alicyclic amines) is 2. The fourth-order valence-electron chi connectivity index (χ4n) is 4.03. The van der Waals surface area contributed by atoms with Crippen molar-refractivity contribution in [2.24, 2.45) is 5.41 Å². The first kappa shape index (κ1) is 16.5. The lowest BCUT2D eigenvalue weighted by molar-refractivity contribution is -0.136. The Labute approximate surface area is 152 Å². The molecule has 132 valence electrons. The number of methoxy groups -OCH3 is 1. The lowest BCUT2D eigenvalue weighted by Crippen LogP contribution is -2.36. The molecule has 5 nitrogen and oxygen atoms in total. The summed E-state index contributed by atoms with van der Waals surface area (Å²) in [6, 6.07) is 7.99. The number of ether oxygens (including phenoxy) is 1. The highest BCUT2D eigenvalue weighted by atomic mass is 32.1. The first-order valence-electron chi connectivity index (χ1n) is 8.72. The molecule has 0 saturated carbocycles. The second-order valence-corrected chi connectivity index (χ2v) is 7.97. The minimum Gasteiger partial charge on any atom is -0.497 e. The second kappa shape index (κ2) is 6.77. The van der Waals surface area contributed by atoms with Crippen LogP contribution in [0.25, 0.3) is 0 Å². The number of thiazole rings is 1. The number of benzene rings is 1. The summed E-state index contributed by atoms with van der Waals surface area (Å²) < 4.78 is 5.29. The van der Waals surface area contributed by atoms with Gasteiger partial charge in [0.05, 0.1) is 19.1 Å². The number of carbonyl (C=O) groups is 1. The predicted molar refractivity (Wildman–Crippen MR) is 97.5 cm³/mol. The lowest BCUT2D eigenvalue weighted by Gasteiger charge is -2.23. The van der Waals surface area contributed by atoms with E-state index in [0.717, 1.165) is 55.3 Å². The van der Waals surface area contributed by atoms with Crippen molar-refractivity contribution in [3.8, 4) is 5.75 Å². The van der Waals surface area contributed by atoms with E-state index in [1.165, 1.54) is 0 Å². The summed E-state index contributed by atoms with van der Waals surface area (Å²) in [5.74, 6) is 1.16. The third-order valence-corrected chi connectivity index (χ3v) is 6.15. The fraction of sp³-hybridized carbons (Fsp3) is 0.474. The highest BCUT2D eigenvalue weighted by Crippen LogP contribution is 2.41. The van der Waals surface area contributed by atoms with Gasteiger partial charge in [0.15, 0.2) is 0 Å². The molecule has 1 amide bonds. The zero-order valence-electron chi connectivity index (χ0n) is 14.5. The molecular formula is C19H23N3O2S. The van der Waals surface area contributed by atoms with Crippen molar-refractivity contribution in [3.63, 3.8) is 0 Å². The Hall–Kier alpha value is -1.92. The van der Waals surface area contributed by atoms with Gasteiger partial charge in [-0.3, -0.25) is 9.69 Å². The zero-order chi connectivity index (χ0) is 17.3. The maximum absolute atomic E-state index is 13.1. The van der Waals surface area contributed by atoms with E-state index in [1.807, 2.05) is 34.7 Å². The van der Waals surface area contributed by atoms with Gasteiger partial charge >= 0.3 is 0 Å². The zero-order valence-corrected chi connectivity index (χ0v) is 15.3. The van der Waals surface area contributed by atoms with Gasteiger partial charge in [0.1, 0.15) is 10.8 Å². The standard InChI is InChI=1S/C19H23N3O2S/c1-24-16-4-2-3-15(11-16)12-22-9-6-19(18(22)23)5-8-21(14-19)13-17-20-7-10-25-17/h2-4,7,10-11H,5-6,8-9,12-14H2,1H3. The fourth-order valence-corrected chi connectivity index (χ4v) is 4.69. The van der Waals surface area contributed by atoms with E-state index in [2.05, 4.69) is 16.0 Å². The van der Waals surface area contributed by atoms with Crippen molar-refractivity contribution < 1.29 is 9.53 Å². The van der Waals surface area contributed by atoms with E-state index in [1.54, 1.807) is 18.4 Å². The van der Waals surface area contributed by atoms with Crippen LogP contribution in [0.5, 0.6) is 5.75 Å². The van der Waals surface area contributed by atoms with Crippen molar-refractivity contribution >= 4 is 17.2 Å². The molecule has 0 radical (unpaired) electrons. The Morgan fingerprint density at radius 1 is 1.28 bits per heavy atom. The normalized spacial score (nSPS) is 23.7. The SMILES string of the molecule is COc1cccc(CN2CCC3(CCN(Cc4nccs4)C3)C2=O)c1. The molecule has 4 rings (SSSR count). The van der Waals surface area contributed by atoms with Gasteiger partial charge in [-0.05, 0) is 37.1 Å². The Morgan fingerprint density at radius 2 is 2.16 bits per heavy atom. The summed E-state index contributed by atoms with van der Waals surface area (Å²) in [4.78, 5) is 21.9. The molecule has 2 saturated heterocycles. The van der Waals surface area contributed by atoms with Crippen LogP contribution in [0.15, 0.2) is 35.8 Å². The van der Waals surface area contributed by atoms with Crippen molar-refractivity contribution in [1.82, 2.24) is 14.8 Å². The van der Waals surface area contributed by atoms with Crippen LogP contribution >= 0.6 is 11.3 Å².